The van der Waals surface area contributed by atoms with Gasteiger partial charge in [-0.2, -0.15) is 0 Å². The average molecular weight is 215 g/mol. The highest BCUT2D eigenvalue weighted by molar-refractivity contribution is 5.85. The molecule has 0 bridgehead atoms. The highest BCUT2D eigenvalue weighted by Crippen LogP contribution is 2.01. The third kappa shape index (κ3) is 3.77. The molecule has 0 aliphatic carbocycles. The molecule has 0 fully saturated rings. The van der Waals surface area contributed by atoms with Crippen LogP contribution in [0.3, 0.4) is 0 Å². The molecule has 0 saturated carbocycles. The number of rotatable bonds is 3. The smallest absolute Gasteiger partial charge is 0.237 e. The fourth-order valence-corrected chi connectivity index (χ4v) is 1.15. The molecule has 0 spiro atoms. The van der Waals surface area contributed by atoms with Crippen LogP contribution >= 0.6 is 12.4 Å². The summed E-state index contributed by atoms with van der Waals surface area (Å²) in [5.41, 5.74) is 6.73. The van der Waals surface area contributed by atoms with E-state index >= 15 is 0 Å². The van der Waals surface area contributed by atoms with Crippen LogP contribution in [-0.4, -0.2) is 19.0 Å². The number of carbonyl (C=O) groups is 1. The van der Waals surface area contributed by atoms with Gasteiger partial charge in [0.25, 0.3) is 0 Å². The molecule has 0 aliphatic heterocycles. The Morgan fingerprint density at radius 1 is 1.43 bits per heavy atom. The summed E-state index contributed by atoms with van der Waals surface area (Å²) in [6.07, 6.45) is 0.584. The lowest BCUT2D eigenvalue weighted by Crippen LogP contribution is -2.40. The first kappa shape index (κ1) is 12.9. The van der Waals surface area contributed by atoms with E-state index in [4.69, 9.17) is 5.73 Å². The van der Waals surface area contributed by atoms with Gasteiger partial charge in [-0.25, -0.2) is 0 Å². The number of carbonyl (C=O) groups excluding carboxylic acids is 1. The Morgan fingerprint density at radius 2 is 2.00 bits per heavy atom. The second kappa shape index (κ2) is 6.40. The SMILES string of the molecule is CNC(=O)C(N)Cc1ccccc1.Cl. The largest absolute Gasteiger partial charge is 0.358 e. The van der Waals surface area contributed by atoms with Crippen LogP contribution in [0.1, 0.15) is 5.56 Å². The number of amides is 1. The van der Waals surface area contributed by atoms with Crippen molar-refractivity contribution < 1.29 is 4.79 Å². The molecule has 1 unspecified atom stereocenters. The zero-order valence-corrected chi connectivity index (χ0v) is 8.88. The van der Waals surface area contributed by atoms with Crippen LogP contribution in [0.2, 0.25) is 0 Å². The van der Waals surface area contributed by atoms with Crippen LogP contribution in [0.15, 0.2) is 30.3 Å². The van der Waals surface area contributed by atoms with Gasteiger partial charge in [0.05, 0.1) is 6.04 Å². The molecule has 1 aromatic carbocycles. The van der Waals surface area contributed by atoms with E-state index < -0.39 is 6.04 Å². The zero-order chi connectivity index (χ0) is 9.68. The Hall–Kier alpha value is -1.06. The van der Waals surface area contributed by atoms with Crippen LogP contribution in [0.25, 0.3) is 0 Å². The standard InChI is InChI=1S/C10H14N2O.ClH/c1-12-10(13)9(11)7-8-5-3-2-4-6-8;/h2-6,9H,7,11H2,1H3,(H,12,13);1H. The molecule has 3 nitrogen and oxygen atoms in total. The summed E-state index contributed by atoms with van der Waals surface area (Å²) < 4.78 is 0. The van der Waals surface area contributed by atoms with E-state index in [0.29, 0.717) is 6.42 Å². The van der Waals surface area contributed by atoms with E-state index in [2.05, 4.69) is 5.32 Å². The summed E-state index contributed by atoms with van der Waals surface area (Å²) in [7, 11) is 1.59. The van der Waals surface area contributed by atoms with Gasteiger partial charge >= 0.3 is 0 Å². The first-order valence-corrected chi connectivity index (χ1v) is 4.25. The van der Waals surface area contributed by atoms with Crippen LogP contribution in [0.5, 0.6) is 0 Å². The monoisotopic (exact) mass is 214 g/mol. The van der Waals surface area contributed by atoms with Crippen LogP contribution in [-0.2, 0) is 11.2 Å². The van der Waals surface area contributed by atoms with Gasteiger partial charge in [-0.1, -0.05) is 30.3 Å². The van der Waals surface area contributed by atoms with E-state index in [1.54, 1.807) is 7.05 Å². The molecule has 3 N–H and O–H groups in total. The van der Waals surface area contributed by atoms with Crippen molar-refractivity contribution in [3.05, 3.63) is 35.9 Å². The van der Waals surface area contributed by atoms with Gasteiger partial charge in [0.1, 0.15) is 0 Å². The molecule has 4 heteroatoms. The number of hydrogen-bond donors (Lipinski definition) is 2. The fourth-order valence-electron chi connectivity index (χ4n) is 1.15. The lowest BCUT2D eigenvalue weighted by molar-refractivity contribution is -0.121. The number of nitrogens with one attached hydrogen (secondary N) is 1. The Balaban J connectivity index is 0.00000169. The Labute approximate surface area is 90.1 Å². The summed E-state index contributed by atoms with van der Waals surface area (Å²) in [4.78, 5) is 11.1. The third-order valence-electron chi connectivity index (χ3n) is 1.88. The fraction of sp³-hybridized carbons (Fsp3) is 0.300. The van der Waals surface area contributed by atoms with E-state index in [9.17, 15) is 4.79 Å². The molecule has 0 aliphatic rings. The normalized spacial score (nSPS) is 11.3. The summed E-state index contributed by atoms with van der Waals surface area (Å²) >= 11 is 0. The molecule has 1 atom stereocenters. The summed E-state index contributed by atoms with van der Waals surface area (Å²) in [5.74, 6) is -0.121. The Bertz CT molecular complexity index is 277. The predicted octanol–water partition coefficient (Wildman–Crippen LogP) is 0.724. The topological polar surface area (TPSA) is 55.1 Å². The molecule has 0 radical (unpaired) electrons. The van der Waals surface area contributed by atoms with Crippen molar-refractivity contribution in [2.45, 2.75) is 12.5 Å². The zero-order valence-electron chi connectivity index (χ0n) is 8.07. The quantitative estimate of drug-likeness (QED) is 0.779. The lowest BCUT2D eigenvalue weighted by atomic mass is 10.1. The van der Waals surface area contributed by atoms with Crippen molar-refractivity contribution in [2.75, 3.05) is 7.05 Å². The maximum atomic E-state index is 11.1. The molecule has 14 heavy (non-hydrogen) atoms. The Kier molecular flexibility index (Phi) is 5.92. The first-order chi connectivity index (χ1) is 6.24. The van der Waals surface area contributed by atoms with Gasteiger partial charge in [-0.05, 0) is 12.0 Å². The van der Waals surface area contributed by atoms with E-state index in [1.165, 1.54) is 0 Å². The van der Waals surface area contributed by atoms with Crippen LogP contribution in [0.4, 0.5) is 0 Å². The number of hydrogen-bond acceptors (Lipinski definition) is 2. The van der Waals surface area contributed by atoms with Gasteiger partial charge in [-0.3, -0.25) is 4.79 Å². The first-order valence-electron chi connectivity index (χ1n) is 4.25. The number of halogens is 1. The Morgan fingerprint density at radius 3 is 2.50 bits per heavy atom. The molecular weight excluding hydrogens is 200 g/mol. The van der Waals surface area contributed by atoms with E-state index in [-0.39, 0.29) is 18.3 Å². The molecule has 1 rings (SSSR count). The summed E-state index contributed by atoms with van der Waals surface area (Å²) in [5, 5.41) is 2.52. The highest BCUT2D eigenvalue weighted by Gasteiger charge is 2.11. The maximum absolute atomic E-state index is 11.1. The van der Waals surface area contributed by atoms with Gasteiger partial charge in [0.15, 0.2) is 0 Å². The van der Waals surface area contributed by atoms with Crippen molar-refractivity contribution in [1.82, 2.24) is 5.32 Å². The molecule has 1 aromatic rings. The minimum atomic E-state index is -0.451. The van der Waals surface area contributed by atoms with E-state index in [0.717, 1.165) is 5.56 Å². The minimum absolute atomic E-state index is 0. The van der Waals surface area contributed by atoms with Crippen molar-refractivity contribution >= 4 is 18.3 Å². The van der Waals surface area contributed by atoms with Crippen molar-refractivity contribution in [3.8, 4) is 0 Å². The predicted molar refractivity (Wildman–Crippen MR) is 59.4 cm³/mol. The maximum Gasteiger partial charge on any atom is 0.237 e. The number of nitrogens with two attached hydrogens (primary N) is 1. The molecule has 1 amide bonds. The van der Waals surface area contributed by atoms with Crippen molar-refractivity contribution in [1.29, 1.82) is 0 Å². The van der Waals surface area contributed by atoms with Gasteiger partial charge < -0.3 is 11.1 Å². The van der Waals surface area contributed by atoms with Crippen LogP contribution < -0.4 is 11.1 Å². The molecule has 0 saturated heterocycles. The molecule has 78 valence electrons. The second-order valence-electron chi connectivity index (χ2n) is 2.91. The molecule has 0 heterocycles. The second-order valence-corrected chi connectivity index (χ2v) is 2.91. The highest BCUT2D eigenvalue weighted by atomic mass is 35.5. The average Bonchev–Trinajstić information content (AvgIpc) is 2.18. The van der Waals surface area contributed by atoms with Crippen molar-refractivity contribution in [2.24, 2.45) is 5.73 Å². The van der Waals surface area contributed by atoms with Crippen LogP contribution in [0, 0.1) is 0 Å². The summed E-state index contributed by atoms with van der Waals surface area (Å²) in [6, 6.07) is 9.28. The molecule has 0 aromatic heterocycles. The number of benzene rings is 1. The lowest BCUT2D eigenvalue weighted by Gasteiger charge is -2.09. The molecular formula is C10H15ClN2O. The van der Waals surface area contributed by atoms with Gasteiger partial charge in [0, 0.05) is 7.05 Å². The summed E-state index contributed by atoms with van der Waals surface area (Å²) in [6.45, 7) is 0. The van der Waals surface area contributed by atoms with E-state index in [1.807, 2.05) is 30.3 Å². The van der Waals surface area contributed by atoms with Gasteiger partial charge in [0.2, 0.25) is 5.91 Å². The third-order valence-corrected chi connectivity index (χ3v) is 1.88. The van der Waals surface area contributed by atoms with Gasteiger partial charge in [-0.15, -0.1) is 12.4 Å². The number of likely N-dealkylation sites (N-methyl/N-ethyl adjacent to an activating group) is 1. The van der Waals surface area contributed by atoms with Crippen molar-refractivity contribution in [3.63, 3.8) is 0 Å². The minimum Gasteiger partial charge on any atom is -0.358 e.